The molecule has 1 aromatic carbocycles. The third-order valence-electron chi connectivity index (χ3n) is 7.23. The van der Waals surface area contributed by atoms with Gasteiger partial charge < -0.3 is 24.6 Å². The first-order chi connectivity index (χ1) is 17.1. The van der Waals surface area contributed by atoms with E-state index in [0.29, 0.717) is 35.2 Å². The average Bonchev–Trinajstić information content (AvgIpc) is 3.59. The standard InChI is InChI=1S/C26H31BrN4O4/c27-24-22(7-4-10-28-24)25(32)31-15-19-13-30(14-20(19)16-31)11-8-23(18-5-2-1-3-6-18)29-26(33)35-21-9-12-34-17-21/h1-7,10,19-21,23H,8-9,11-17H2,(H,29,33)/t19-,20?,21?,23?/m0/s1. The number of ether oxygens (including phenoxy) is 2. The van der Waals surface area contributed by atoms with Crippen molar-refractivity contribution in [3.63, 3.8) is 0 Å². The molecule has 0 saturated carbocycles. The van der Waals surface area contributed by atoms with Crippen molar-refractivity contribution >= 4 is 27.9 Å². The molecule has 3 aliphatic rings. The fourth-order valence-electron chi connectivity index (χ4n) is 5.41. The van der Waals surface area contributed by atoms with Gasteiger partial charge in [-0.3, -0.25) is 4.79 Å². The summed E-state index contributed by atoms with van der Waals surface area (Å²) >= 11 is 3.40. The quantitative estimate of drug-likeness (QED) is 0.539. The molecule has 35 heavy (non-hydrogen) atoms. The molecule has 186 valence electrons. The van der Waals surface area contributed by atoms with Crippen LogP contribution in [0.25, 0.3) is 0 Å². The first kappa shape index (κ1) is 24.2. The number of likely N-dealkylation sites (tertiary alicyclic amines) is 2. The molecule has 8 nitrogen and oxygen atoms in total. The molecule has 1 aromatic heterocycles. The number of hydrogen-bond acceptors (Lipinski definition) is 6. The Bertz CT molecular complexity index is 1020. The molecular formula is C26H31BrN4O4. The highest BCUT2D eigenvalue weighted by Crippen LogP contribution is 2.33. The van der Waals surface area contributed by atoms with Crippen LogP contribution in [-0.2, 0) is 9.47 Å². The number of pyridine rings is 1. The van der Waals surface area contributed by atoms with Gasteiger partial charge in [0.25, 0.3) is 5.91 Å². The number of benzene rings is 1. The van der Waals surface area contributed by atoms with Crippen LogP contribution < -0.4 is 5.32 Å². The van der Waals surface area contributed by atoms with E-state index in [1.54, 1.807) is 12.3 Å². The number of halogens is 1. The van der Waals surface area contributed by atoms with Crippen molar-refractivity contribution in [3.8, 4) is 0 Å². The van der Waals surface area contributed by atoms with Gasteiger partial charge in [-0.1, -0.05) is 30.3 Å². The molecule has 1 N–H and O–H groups in total. The third kappa shape index (κ3) is 5.85. The van der Waals surface area contributed by atoms with Crippen molar-refractivity contribution in [2.45, 2.75) is 25.0 Å². The Morgan fingerprint density at radius 1 is 1.11 bits per heavy atom. The van der Waals surface area contributed by atoms with Gasteiger partial charge in [-0.25, -0.2) is 9.78 Å². The van der Waals surface area contributed by atoms with E-state index in [0.717, 1.165) is 51.1 Å². The van der Waals surface area contributed by atoms with Gasteiger partial charge in [0.1, 0.15) is 10.7 Å². The number of nitrogens with zero attached hydrogens (tertiary/aromatic N) is 3. The van der Waals surface area contributed by atoms with Gasteiger partial charge in [0.2, 0.25) is 0 Å². The van der Waals surface area contributed by atoms with Crippen LogP contribution in [0.1, 0.15) is 34.8 Å². The summed E-state index contributed by atoms with van der Waals surface area (Å²) in [5, 5.41) is 3.07. The van der Waals surface area contributed by atoms with Crippen LogP contribution in [0, 0.1) is 11.8 Å². The number of amides is 2. The summed E-state index contributed by atoms with van der Waals surface area (Å²) in [6, 6.07) is 13.6. The second-order valence-corrected chi connectivity index (χ2v) is 10.4. The molecule has 2 aromatic rings. The molecular weight excluding hydrogens is 512 g/mol. The zero-order chi connectivity index (χ0) is 24.2. The number of rotatable bonds is 7. The SMILES string of the molecule is O=C(NC(CCN1CC2CN(C(=O)c3cccnc3Br)C[C@@H]2C1)c1ccccc1)OC1CCOC1. The van der Waals surface area contributed by atoms with E-state index in [1.165, 1.54) is 0 Å². The highest BCUT2D eigenvalue weighted by atomic mass is 79.9. The molecule has 4 heterocycles. The molecule has 0 aliphatic carbocycles. The van der Waals surface area contributed by atoms with Crippen molar-refractivity contribution in [2.24, 2.45) is 11.8 Å². The molecule has 2 amide bonds. The van der Waals surface area contributed by atoms with Crippen molar-refractivity contribution in [3.05, 3.63) is 64.4 Å². The molecule has 0 radical (unpaired) electrons. The summed E-state index contributed by atoms with van der Waals surface area (Å²) < 4.78 is 11.5. The predicted molar refractivity (Wildman–Crippen MR) is 134 cm³/mol. The van der Waals surface area contributed by atoms with Gasteiger partial charge in [-0.2, -0.15) is 0 Å². The summed E-state index contributed by atoms with van der Waals surface area (Å²) in [4.78, 5) is 34.1. The zero-order valence-corrected chi connectivity index (χ0v) is 21.2. The second-order valence-electron chi connectivity index (χ2n) is 9.62. The lowest BCUT2D eigenvalue weighted by Crippen LogP contribution is -2.36. The van der Waals surface area contributed by atoms with Gasteiger partial charge in [-0.05, 0) is 51.9 Å². The van der Waals surface area contributed by atoms with Gasteiger partial charge in [0, 0.05) is 45.3 Å². The number of hydrogen-bond donors (Lipinski definition) is 1. The number of fused-ring (bicyclic) bond motifs is 1. The van der Waals surface area contributed by atoms with Crippen LogP contribution in [0.15, 0.2) is 53.3 Å². The van der Waals surface area contributed by atoms with E-state index in [-0.39, 0.29) is 24.1 Å². The summed E-state index contributed by atoms with van der Waals surface area (Å²) in [6.07, 6.45) is 2.67. The average molecular weight is 543 g/mol. The first-order valence-electron chi connectivity index (χ1n) is 12.3. The fraction of sp³-hybridized carbons (Fsp3) is 0.500. The van der Waals surface area contributed by atoms with Gasteiger partial charge in [0.15, 0.2) is 0 Å². The van der Waals surface area contributed by atoms with Crippen LogP contribution in [-0.4, -0.2) is 78.8 Å². The molecule has 4 atom stereocenters. The highest BCUT2D eigenvalue weighted by Gasteiger charge is 2.42. The van der Waals surface area contributed by atoms with Crippen molar-refractivity contribution in [1.29, 1.82) is 0 Å². The van der Waals surface area contributed by atoms with Crippen molar-refractivity contribution < 1.29 is 19.1 Å². The summed E-state index contributed by atoms with van der Waals surface area (Å²) in [7, 11) is 0. The van der Waals surface area contributed by atoms with E-state index < -0.39 is 0 Å². The smallest absolute Gasteiger partial charge is 0.407 e. The van der Waals surface area contributed by atoms with Crippen molar-refractivity contribution in [2.75, 3.05) is 45.9 Å². The Kier molecular flexibility index (Phi) is 7.65. The number of carbonyl (C=O) groups is 2. The molecule has 3 fully saturated rings. The maximum atomic E-state index is 13.0. The Balaban J connectivity index is 1.14. The number of alkyl carbamates (subject to hydrolysis) is 1. The molecule has 9 heteroatoms. The monoisotopic (exact) mass is 542 g/mol. The minimum atomic E-state index is -0.386. The molecule has 5 rings (SSSR count). The molecule has 0 spiro atoms. The van der Waals surface area contributed by atoms with Crippen LogP contribution in [0.3, 0.4) is 0 Å². The number of aromatic nitrogens is 1. The lowest BCUT2D eigenvalue weighted by atomic mass is 10.0. The van der Waals surface area contributed by atoms with E-state index >= 15 is 0 Å². The van der Waals surface area contributed by atoms with Crippen LogP contribution >= 0.6 is 15.9 Å². The summed E-state index contributed by atoms with van der Waals surface area (Å²) in [6.45, 7) is 5.47. The topological polar surface area (TPSA) is 84.0 Å². The Hall–Kier alpha value is -2.49. The maximum Gasteiger partial charge on any atom is 0.407 e. The van der Waals surface area contributed by atoms with Gasteiger partial charge in [0.05, 0.1) is 24.8 Å². The largest absolute Gasteiger partial charge is 0.444 e. The number of carbonyl (C=O) groups excluding carboxylic acids is 2. The highest BCUT2D eigenvalue weighted by molar-refractivity contribution is 9.10. The Morgan fingerprint density at radius 2 is 1.89 bits per heavy atom. The maximum absolute atomic E-state index is 13.0. The lowest BCUT2D eigenvalue weighted by Gasteiger charge is -2.25. The predicted octanol–water partition coefficient (Wildman–Crippen LogP) is 3.49. The summed E-state index contributed by atoms with van der Waals surface area (Å²) in [5.74, 6) is 1.00. The van der Waals surface area contributed by atoms with Gasteiger partial charge in [-0.15, -0.1) is 0 Å². The van der Waals surface area contributed by atoms with Crippen LogP contribution in [0.5, 0.6) is 0 Å². The van der Waals surface area contributed by atoms with Crippen LogP contribution in [0.4, 0.5) is 4.79 Å². The van der Waals surface area contributed by atoms with Crippen LogP contribution in [0.2, 0.25) is 0 Å². The Morgan fingerprint density at radius 3 is 2.57 bits per heavy atom. The Labute approximate surface area is 214 Å². The summed E-state index contributed by atoms with van der Waals surface area (Å²) in [5.41, 5.74) is 1.70. The molecule has 3 saturated heterocycles. The molecule has 0 bridgehead atoms. The molecule has 3 aliphatic heterocycles. The first-order valence-corrected chi connectivity index (χ1v) is 13.1. The van der Waals surface area contributed by atoms with Gasteiger partial charge >= 0.3 is 6.09 Å². The number of nitrogens with one attached hydrogen (secondary N) is 1. The molecule has 3 unspecified atom stereocenters. The lowest BCUT2D eigenvalue weighted by molar-refractivity contribution is 0.0772. The normalized spacial score (nSPS) is 24.8. The van der Waals surface area contributed by atoms with Crippen molar-refractivity contribution in [1.82, 2.24) is 20.1 Å². The second kappa shape index (κ2) is 11.1. The minimum Gasteiger partial charge on any atom is -0.444 e. The van der Waals surface area contributed by atoms with E-state index in [2.05, 4.69) is 31.1 Å². The third-order valence-corrected chi connectivity index (χ3v) is 7.86. The van der Waals surface area contributed by atoms with E-state index in [9.17, 15) is 9.59 Å². The van der Waals surface area contributed by atoms with E-state index in [4.69, 9.17) is 9.47 Å². The minimum absolute atomic E-state index is 0.0467. The zero-order valence-electron chi connectivity index (χ0n) is 19.6. The fourth-order valence-corrected chi connectivity index (χ4v) is 5.83. The van der Waals surface area contributed by atoms with E-state index in [1.807, 2.05) is 41.3 Å².